The van der Waals surface area contributed by atoms with Gasteiger partial charge in [0.25, 0.3) is 0 Å². The number of aliphatic carboxylic acids is 1. The number of rotatable bonds is 4. The SMILES string of the molecule is C/C=C(\C=C(\C)C(C=S)=NO)C(=O)O. The Bertz CT molecular complexity index is 329. The van der Waals surface area contributed by atoms with Gasteiger partial charge in [0, 0.05) is 5.37 Å². The molecule has 0 aromatic carbocycles. The van der Waals surface area contributed by atoms with Crippen molar-refractivity contribution < 1.29 is 15.1 Å². The molecule has 0 unspecified atom stereocenters. The van der Waals surface area contributed by atoms with E-state index in [-0.39, 0.29) is 11.3 Å². The van der Waals surface area contributed by atoms with Gasteiger partial charge in [-0.15, -0.1) is 0 Å². The first-order chi connectivity index (χ1) is 6.56. The van der Waals surface area contributed by atoms with Crippen LogP contribution in [-0.2, 0) is 4.79 Å². The first-order valence-corrected chi connectivity index (χ1v) is 4.29. The minimum absolute atomic E-state index is 0.125. The van der Waals surface area contributed by atoms with Crippen LogP contribution in [0.25, 0.3) is 0 Å². The number of carbonyl (C=O) groups is 1. The molecule has 0 aromatic rings. The molecule has 0 rings (SSSR count). The second-order valence-corrected chi connectivity index (χ2v) is 2.72. The molecule has 0 spiro atoms. The summed E-state index contributed by atoms with van der Waals surface area (Å²) in [4.78, 5) is 10.6. The molecule has 5 heteroatoms. The molecule has 14 heavy (non-hydrogen) atoms. The maximum absolute atomic E-state index is 10.6. The normalized spacial score (nSPS) is 14.0. The molecule has 0 amide bonds. The van der Waals surface area contributed by atoms with Crippen molar-refractivity contribution in [1.29, 1.82) is 0 Å². The predicted molar refractivity (Wildman–Crippen MR) is 58.0 cm³/mol. The molecule has 0 radical (unpaired) electrons. The van der Waals surface area contributed by atoms with Crippen molar-refractivity contribution in [2.45, 2.75) is 13.8 Å². The van der Waals surface area contributed by atoms with E-state index >= 15 is 0 Å². The lowest BCUT2D eigenvalue weighted by Crippen LogP contribution is -2.04. The molecule has 0 aliphatic carbocycles. The van der Waals surface area contributed by atoms with Crippen molar-refractivity contribution in [3.63, 3.8) is 0 Å². The Labute approximate surface area is 87.2 Å². The van der Waals surface area contributed by atoms with Crippen molar-refractivity contribution in [2.75, 3.05) is 0 Å². The average molecular weight is 213 g/mol. The van der Waals surface area contributed by atoms with E-state index in [9.17, 15) is 4.79 Å². The first-order valence-electron chi connectivity index (χ1n) is 3.82. The van der Waals surface area contributed by atoms with E-state index in [1.165, 1.54) is 17.5 Å². The number of hydrogen-bond donors (Lipinski definition) is 2. The molecule has 76 valence electrons. The van der Waals surface area contributed by atoms with Gasteiger partial charge >= 0.3 is 5.97 Å². The maximum atomic E-state index is 10.6. The van der Waals surface area contributed by atoms with Crippen LogP contribution in [0.15, 0.2) is 28.5 Å². The topological polar surface area (TPSA) is 69.9 Å². The van der Waals surface area contributed by atoms with E-state index in [1.807, 2.05) is 0 Å². The zero-order valence-electron chi connectivity index (χ0n) is 7.89. The standard InChI is InChI=1S/C9H11NO3S/c1-3-7(9(11)12)4-6(2)8(5-14)10-13/h3-5,13H,1-2H3,(H,11,12)/b6-4-,7-3+,10-8?. The summed E-state index contributed by atoms with van der Waals surface area (Å²) >= 11 is 4.58. The molecule has 0 aliphatic heterocycles. The van der Waals surface area contributed by atoms with Crippen LogP contribution < -0.4 is 0 Å². The second kappa shape index (κ2) is 6.04. The summed E-state index contributed by atoms with van der Waals surface area (Å²) in [6, 6.07) is 0. The first kappa shape index (κ1) is 12.5. The molecule has 0 fully saturated rings. The van der Waals surface area contributed by atoms with Crippen molar-refractivity contribution >= 4 is 29.3 Å². The number of carboxylic acid groups (broad SMARTS) is 1. The molecule has 0 saturated carbocycles. The Morgan fingerprint density at radius 1 is 1.50 bits per heavy atom. The molecular weight excluding hydrogens is 202 g/mol. The Hall–Kier alpha value is -1.49. The Balaban J connectivity index is 5.00. The summed E-state index contributed by atoms with van der Waals surface area (Å²) in [5.74, 6) is -1.03. The lowest BCUT2D eigenvalue weighted by Gasteiger charge is -1.98. The van der Waals surface area contributed by atoms with E-state index in [1.54, 1.807) is 13.8 Å². The molecule has 2 N–H and O–H groups in total. The average Bonchev–Trinajstić information content (AvgIpc) is 2.15. The third-order valence-corrected chi connectivity index (χ3v) is 1.78. The van der Waals surface area contributed by atoms with Gasteiger partial charge in [-0.3, -0.25) is 0 Å². The lowest BCUT2D eigenvalue weighted by atomic mass is 10.1. The van der Waals surface area contributed by atoms with Gasteiger partial charge in [-0.25, -0.2) is 4.79 Å². The molecular formula is C9H11NO3S. The fraction of sp³-hybridized carbons (Fsp3) is 0.222. The number of thiocarbonyl (C=S) groups is 1. The summed E-state index contributed by atoms with van der Waals surface area (Å²) < 4.78 is 0. The number of hydrogen-bond acceptors (Lipinski definition) is 4. The maximum Gasteiger partial charge on any atom is 0.335 e. The smallest absolute Gasteiger partial charge is 0.335 e. The van der Waals surface area contributed by atoms with Gasteiger partial charge in [0.15, 0.2) is 0 Å². The van der Waals surface area contributed by atoms with Crippen LogP contribution in [0.4, 0.5) is 0 Å². The molecule has 0 saturated heterocycles. The molecule has 0 heterocycles. The van der Waals surface area contributed by atoms with Crippen LogP contribution in [0.3, 0.4) is 0 Å². The summed E-state index contributed by atoms with van der Waals surface area (Å²) in [5.41, 5.74) is 0.805. The van der Waals surface area contributed by atoms with Crippen molar-refractivity contribution in [3.05, 3.63) is 23.3 Å². The summed E-state index contributed by atoms with van der Waals surface area (Å²) in [6.45, 7) is 3.23. The highest BCUT2D eigenvalue weighted by Gasteiger charge is 2.05. The summed E-state index contributed by atoms with van der Waals surface area (Å²) in [5, 5.41) is 21.3. The third-order valence-electron chi connectivity index (χ3n) is 1.55. The lowest BCUT2D eigenvalue weighted by molar-refractivity contribution is -0.132. The minimum Gasteiger partial charge on any atom is -0.478 e. The number of oxime groups is 1. The van der Waals surface area contributed by atoms with Crippen molar-refractivity contribution in [2.24, 2.45) is 5.16 Å². The quantitative estimate of drug-likeness (QED) is 0.186. The Morgan fingerprint density at radius 3 is 2.36 bits per heavy atom. The molecule has 0 atom stereocenters. The van der Waals surface area contributed by atoms with Gasteiger partial charge in [0.2, 0.25) is 0 Å². The summed E-state index contributed by atoms with van der Waals surface area (Å²) in [7, 11) is 0. The predicted octanol–water partition coefficient (Wildman–Crippen LogP) is 1.79. The van der Waals surface area contributed by atoms with Crippen molar-refractivity contribution in [3.8, 4) is 0 Å². The largest absolute Gasteiger partial charge is 0.478 e. The van der Waals surface area contributed by atoms with Crippen LogP contribution in [0.5, 0.6) is 0 Å². The van der Waals surface area contributed by atoms with Crippen LogP contribution in [0.1, 0.15) is 13.8 Å². The number of allylic oxidation sites excluding steroid dienone is 2. The molecule has 0 aliphatic rings. The van der Waals surface area contributed by atoms with Crippen LogP contribution in [0, 0.1) is 0 Å². The zero-order chi connectivity index (χ0) is 11.1. The summed E-state index contributed by atoms with van der Waals surface area (Å²) in [6.07, 6.45) is 2.84. The van der Waals surface area contributed by atoms with E-state index < -0.39 is 5.97 Å². The van der Waals surface area contributed by atoms with Crippen LogP contribution in [0.2, 0.25) is 0 Å². The van der Waals surface area contributed by atoms with Gasteiger partial charge in [-0.1, -0.05) is 23.4 Å². The van der Waals surface area contributed by atoms with E-state index in [0.717, 1.165) is 0 Å². The van der Waals surface area contributed by atoms with E-state index in [4.69, 9.17) is 10.3 Å². The monoisotopic (exact) mass is 213 g/mol. The number of carboxylic acids is 1. The fourth-order valence-electron chi connectivity index (χ4n) is 0.771. The van der Waals surface area contributed by atoms with Crippen LogP contribution in [-0.4, -0.2) is 27.4 Å². The minimum atomic E-state index is -1.03. The highest BCUT2D eigenvalue weighted by atomic mass is 32.1. The van der Waals surface area contributed by atoms with E-state index in [0.29, 0.717) is 5.57 Å². The zero-order valence-corrected chi connectivity index (χ0v) is 8.71. The molecule has 0 bridgehead atoms. The molecule has 0 aromatic heterocycles. The number of nitrogens with zero attached hydrogens (tertiary/aromatic N) is 1. The third kappa shape index (κ3) is 3.49. The van der Waals surface area contributed by atoms with Gasteiger partial charge in [-0.2, -0.15) is 0 Å². The molecule has 4 nitrogen and oxygen atoms in total. The van der Waals surface area contributed by atoms with Gasteiger partial charge < -0.3 is 10.3 Å². The van der Waals surface area contributed by atoms with Gasteiger partial charge in [0.1, 0.15) is 5.71 Å². The Kier molecular flexibility index (Phi) is 5.40. The van der Waals surface area contributed by atoms with E-state index in [2.05, 4.69) is 17.4 Å². The Morgan fingerprint density at radius 2 is 2.07 bits per heavy atom. The van der Waals surface area contributed by atoms with Crippen molar-refractivity contribution in [1.82, 2.24) is 0 Å². The highest BCUT2D eigenvalue weighted by molar-refractivity contribution is 7.80. The van der Waals surface area contributed by atoms with Gasteiger partial charge in [-0.05, 0) is 25.5 Å². The second-order valence-electron chi connectivity index (χ2n) is 2.48. The highest BCUT2D eigenvalue weighted by Crippen LogP contribution is 2.04. The van der Waals surface area contributed by atoms with Crippen LogP contribution >= 0.6 is 12.2 Å². The van der Waals surface area contributed by atoms with Gasteiger partial charge in [0.05, 0.1) is 5.57 Å². The fourth-order valence-corrected chi connectivity index (χ4v) is 1.00.